The van der Waals surface area contributed by atoms with Crippen molar-refractivity contribution < 1.29 is 32.5 Å². The Balaban J connectivity index is 2.21. The molecule has 0 aromatic carbocycles. The predicted octanol–water partition coefficient (Wildman–Crippen LogP) is 1.51. The maximum atomic E-state index is 13.6. The van der Waals surface area contributed by atoms with Crippen molar-refractivity contribution in [3.63, 3.8) is 0 Å². The Morgan fingerprint density at radius 3 is 2.24 bits per heavy atom. The van der Waals surface area contributed by atoms with E-state index in [1.807, 2.05) is 0 Å². The van der Waals surface area contributed by atoms with Gasteiger partial charge in [0.1, 0.15) is 0 Å². The van der Waals surface area contributed by atoms with Crippen LogP contribution < -0.4 is 5.26 Å². The van der Waals surface area contributed by atoms with Gasteiger partial charge in [-0.1, -0.05) is 6.42 Å². The van der Waals surface area contributed by atoms with Gasteiger partial charge in [0.25, 0.3) is 0 Å². The van der Waals surface area contributed by atoms with Crippen LogP contribution in [0.1, 0.15) is 25.7 Å². The van der Waals surface area contributed by atoms with E-state index in [4.69, 9.17) is 0 Å². The highest BCUT2D eigenvalue weighted by molar-refractivity contribution is 5.78. The molecule has 3 atom stereocenters. The van der Waals surface area contributed by atoms with E-state index >= 15 is 0 Å². The molecule has 0 amide bonds. The van der Waals surface area contributed by atoms with Crippen LogP contribution in [0.4, 0.5) is 17.6 Å². The average molecular weight is 255 g/mol. The molecule has 3 unspecified atom stereocenters. The molecule has 7 heteroatoms. The van der Waals surface area contributed by atoms with Crippen LogP contribution in [0.3, 0.4) is 0 Å². The molecule has 0 aromatic rings. The van der Waals surface area contributed by atoms with Gasteiger partial charge in [-0.25, -0.2) is 4.79 Å². The number of halogens is 4. The first-order chi connectivity index (χ1) is 7.80. The van der Waals surface area contributed by atoms with E-state index in [-0.39, 0.29) is 12.3 Å². The topological polar surface area (TPSA) is 49.4 Å². The zero-order valence-electron chi connectivity index (χ0n) is 8.80. The normalized spacial score (nSPS) is 32.9. The number of hydrogen-bond acceptors (Lipinski definition) is 3. The smallest absolute Gasteiger partial charge is 0.404 e. The van der Waals surface area contributed by atoms with Crippen molar-refractivity contribution in [1.29, 1.82) is 0 Å². The van der Waals surface area contributed by atoms with Gasteiger partial charge in [0.05, 0.1) is 0 Å². The second-order valence-corrected chi connectivity index (χ2v) is 4.85. The Labute approximate surface area is 94.7 Å². The van der Waals surface area contributed by atoms with Gasteiger partial charge in [0.2, 0.25) is 0 Å². The molecule has 0 N–H and O–H groups in total. The molecule has 2 bridgehead atoms. The third-order valence-corrected chi connectivity index (χ3v) is 3.95. The number of hydrogen-bond donors (Lipinski definition) is 0. The second-order valence-electron chi connectivity index (χ2n) is 4.85. The first kappa shape index (κ1) is 12.6. The van der Waals surface area contributed by atoms with E-state index in [0.29, 0.717) is 12.8 Å². The fourth-order valence-electron chi connectivity index (χ4n) is 3.11. The van der Waals surface area contributed by atoms with Crippen molar-refractivity contribution >= 4 is 5.97 Å². The molecular weight excluding hydrogens is 244 g/mol. The molecule has 0 saturated heterocycles. The molecule has 2 aliphatic rings. The molecular formula is C10H11F4O3-. The molecule has 2 aliphatic carbocycles. The largest absolute Gasteiger partial charge is 0.661 e. The fraction of sp³-hybridized carbons (Fsp3) is 0.900. The van der Waals surface area contributed by atoms with Crippen LogP contribution in [0, 0.1) is 17.8 Å². The minimum atomic E-state index is -5.04. The van der Waals surface area contributed by atoms with Crippen molar-refractivity contribution in [2.75, 3.05) is 0 Å². The van der Waals surface area contributed by atoms with Gasteiger partial charge in [-0.2, -0.15) is 17.6 Å². The highest BCUT2D eigenvalue weighted by Crippen LogP contribution is 2.57. The molecule has 0 heterocycles. The van der Waals surface area contributed by atoms with Crippen LogP contribution in [-0.2, 0) is 9.68 Å². The summed E-state index contributed by atoms with van der Waals surface area (Å²) in [5, 5.41) is 9.64. The lowest BCUT2D eigenvalue weighted by Crippen LogP contribution is -2.54. The first-order valence-electron chi connectivity index (χ1n) is 5.40. The van der Waals surface area contributed by atoms with E-state index in [1.165, 1.54) is 0 Å². The monoisotopic (exact) mass is 255 g/mol. The summed E-state index contributed by atoms with van der Waals surface area (Å²) in [6.45, 7) is 0. The summed E-state index contributed by atoms with van der Waals surface area (Å²) < 4.78 is 53.5. The zero-order chi connectivity index (χ0) is 12.8. The van der Waals surface area contributed by atoms with Crippen LogP contribution in [0.5, 0.6) is 0 Å². The second kappa shape index (κ2) is 3.83. The maximum Gasteiger partial charge on any atom is 0.404 e. The van der Waals surface area contributed by atoms with Crippen molar-refractivity contribution in [1.82, 2.24) is 0 Å². The Morgan fingerprint density at radius 2 is 1.82 bits per heavy atom. The lowest BCUT2D eigenvalue weighted by Gasteiger charge is -2.34. The molecule has 0 aromatic heterocycles. The zero-order valence-corrected chi connectivity index (χ0v) is 8.80. The van der Waals surface area contributed by atoms with Gasteiger partial charge in [-0.15, -0.1) is 0 Å². The van der Waals surface area contributed by atoms with Crippen LogP contribution in [0.25, 0.3) is 0 Å². The predicted molar refractivity (Wildman–Crippen MR) is 44.9 cm³/mol. The lowest BCUT2D eigenvalue weighted by atomic mass is 9.81. The summed E-state index contributed by atoms with van der Waals surface area (Å²) in [5.74, 6) is -14.2. The average Bonchev–Trinajstić information content (AvgIpc) is 2.89. The molecule has 2 rings (SSSR count). The first-order valence-corrected chi connectivity index (χ1v) is 5.40. The standard InChI is InChI=1S/C10H12F4O3/c11-9(12,10(13,14)8(15)17-16)7-4-5-1-2-6(7)3-5/h5-7,16H,1-4H2/p-1. The van der Waals surface area contributed by atoms with E-state index in [9.17, 15) is 27.6 Å². The van der Waals surface area contributed by atoms with Crippen molar-refractivity contribution in [2.24, 2.45) is 17.8 Å². The molecule has 2 fully saturated rings. The molecule has 98 valence electrons. The third-order valence-electron chi connectivity index (χ3n) is 3.95. The van der Waals surface area contributed by atoms with Gasteiger partial charge in [-0.3, -0.25) is 0 Å². The fourth-order valence-corrected chi connectivity index (χ4v) is 3.11. The molecule has 2 saturated carbocycles. The highest BCUT2D eigenvalue weighted by atomic mass is 19.3. The molecule has 0 aliphatic heterocycles. The summed E-state index contributed by atoms with van der Waals surface area (Å²) in [4.78, 5) is 13.0. The van der Waals surface area contributed by atoms with Gasteiger partial charge in [0, 0.05) is 5.92 Å². The van der Waals surface area contributed by atoms with E-state index in [1.54, 1.807) is 0 Å². The maximum absolute atomic E-state index is 13.6. The Morgan fingerprint density at radius 1 is 1.18 bits per heavy atom. The number of rotatable bonds is 3. The van der Waals surface area contributed by atoms with Crippen LogP contribution in [-0.4, -0.2) is 17.8 Å². The Hall–Kier alpha value is -0.850. The van der Waals surface area contributed by atoms with E-state index < -0.39 is 29.7 Å². The van der Waals surface area contributed by atoms with Crippen LogP contribution in [0.2, 0.25) is 0 Å². The van der Waals surface area contributed by atoms with Gasteiger partial charge in [0.15, 0.2) is 0 Å². The number of fused-ring (bicyclic) bond motifs is 2. The summed E-state index contributed by atoms with van der Waals surface area (Å²) in [6.07, 6.45) is 1.74. The lowest BCUT2D eigenvalue weighted by molar-refractivity contribution is -0.660. The number of carbonyl (C=O) groups excluding carboxylic acids is 1. The van der Waals surface area contributed by atoms with Gasteiger partial charge >= 0.3 is 17.8 Å². The minimum absolute atomic E-state index is 0.0145. The van der Waals surface area contributed by atoms with Gasteiger partial charge < -0.3 is 10.1 Å². The molecule has 0 radical (unpaired) electrons. The highest BCUT2D eigenvalue weighted by Gasteiger charge is 2.69. The van der Waals surface area contributed by atoms with Crippen molar-refractivity contribution in [3.8, 4) is 0 Å². The summed E-state index contributed by atoms with van der Waals surface area (Å²) in [7, 11) is 0. The summed E-state index contributed by atoms with van der Waals surface area (Å²) in [6, 6.07) is 0. The van der Waals surface area contributed by atoms with Gasteiger partial charge in [-0.05, 0) is 31.1 Å². The molecule has 17 heavy (non-hydrogen) atoms. The number of carbonyl (C=O) groups is 1. The quantitative estimate of drug-likeness (QED) is 0.436. The minimum Gasteiger partial charge on any atom is -0.661 e. The van der Waals surface area contributed by atoms with E-state index in [2.05, 4.69) is 4.89 Å². The summed E-state index contributed by atoms with van der Waals surface area (Å²) in [5.41, 5.74) is 0. The molecule has 0 spiro atoms. The van der Waals surface area contributed by atoms with Crippen LogP contribution >= 0.6 is 0 Å². The SMILES string of the molecule is O=C(O[O-])C(F)(F)C(F)(F)C1CC2CCC1C2. The van der Waals surface area contributed by atoms with Crippen molar-refractivity contribution in [3.05, 3.63) is 0 Å². The Bertz CT molecular complexity index is 332. The molecule has 3 nitrogen and oxygen atoms in total. The Kier molecular flexibility index (Phi) is 2.84. The van der Waals surface area contributed by atoms with Crippen molar-refractivity contribution in [2.45, 2.75) is 37.5 Å². The number of alkyl halides is 4. The van der Waals surface area contributed by atoms with Crippen LogP contribution in [0.15, 0.2) is 0 Å². The summed E-state index contributed by atoms with van der Waals surface area (Å²) >= 11 is 0. The van der Waals surface area contributed by atoms with E-state index in [0.717, 1.165) is 6.42 Å². The third kappa shape index (κ3) is 1.71.